The zero-order chi connectivity index (χ0) is 19.3. The lowest BCUT2D eigenvalue weighted by molar-refractivity contribution is -0.147. The number of ether oxygens (including phenoxy) is 1. The Morgan fingerprint density at radius 2 is 1.82 bits per heavy atom. The maximum Gasteiger partial charge on any atom is 0.310 e. The third-order valence-electron chi connectivity index (χ3n) is 5.64. The van der Waals surface area contributed by atoms with E-state index in [0.29, 0.717) is 11.6 Å². The first kappa shape index (κ1) is 17.3. The number of carboxylic acid groups (broad SMARTS) is 1. The number of carbonyl (C=O) groups is 2. The number of hydrogen-bond donors (Lipinski definition) is 2. The van der Waals surface area contributed by atoms with Gasteiger partial charge in [0.15, 0.2) is 5.13 Å². The Hall–Kier alpha value is -2.77. The normalized spacial score (nSPS) is 25.9. The van der Waals surface area contributed by atoms with Gasteiger partial charge in [-0.25, -0.2) is 4.98 Å². The van der Waals surface area contributed by atoms with E-state index in [2.05, 4.69) is 28.5 Å². The minimum atomic E-state index is -0.969. The number of fused-ring (bicyclic) bond motifs is 3. The maximum absolute atomic E-state index is 12.8. The SMILES string of the molecule is O=C(O)[C@@H]1[C@H](C(=O)Nc2nc(-c3ccc4ccccc4c3)cs2)[C@H]2CC[C@@H]1O2. The van der Waals surface area contributed by atoms with Gasteiger partial charge < -0.3 is 15.2 Å². The third-order valence-corrected chi connectivity index (χ3v) is 6.40. The number of nitrogens with one attached hydrogen (secondary N) is 1. The summed E-state index contributed by atoms with van der Waals surface area (Å²) in [7, 11) is 0. The highest BCUT2D eigenvalue weighted by molar-refractivity contribution is 7.14. The molecule has 2 fully saturated rings. The number of aliphatic carboxylic acids is 1. The van der Waals surface area contributed by atoms with Crippen LogP contribution in [0.5, 0.6) is 0 Å². The second-order valence-electron chi connectivity index (χ2n) is 7.27. The fraction of sp³-hybridized carbons (Fsp3) is 0.286. The van der Waals surface area contributed by atoms with Crippen molar-refractivity contribution in [1.82, 2.24) is 4.98 Å². The van der Waals surface area contributed by atoms with Crippen LogP contribution in [-0.2, 0) is 14.3 Å². The van der Waals surface area contributed by atoms with Gasteiger partial charge in [0.2, 0.25) is 5.91 Å². The number of anilines is 1. The number of carboxylic acids is 1. The Labute approximate surface area is 165 Å². The first-order valence-electron chi connectivity index (χ1n) is 9.24. The lowest BCUT2D eigenvalue weighted by Gasteiger charge is -2.23. The molecule has 142 valence electrons. The van der Waals surface area contributed by atoms with Gasteiger partial charge in [-0.2, -0.15) is 0 Å². The summed E-state index contributed by atoms with van der Waals surface area (Å²) in [6.07, 6.45) is 0.760. The molecule has 7 heteroatoms. The second-order valence-corrected chi connectivity index (χ2v) is 8.13. The molecule has 0 unspecified atom stereocenters. The predicted octanol–water partition coefficient (Wildman–Crippen LogP) is 3.78. The summed E-state index contributed by atoms with van der Waals surface area (Å²) in [5.41, 5.74) is 1.76. The van der Waals surface area contributed by atoms with Crippen molar-refractivity contribution in [2.24, 2.45) is 11.8 Å². The van der Waals surface area contributed by atoms with E-state index >= 15 is 0 Å². The molecule has 1 aromatic heterocycles. The van der Waals surface area contributed by atoms with Gasteiger partial charge in [0.25, 0.3) is 0 Å². The van der Waals surface area contributed by atoms with Gasteiger partial charge in [0, 0.05) is 10.9 Å². The highest BCUT2D eigenvalue weighted by atomic mass is 32.1. The number of carbonyl (C=O) groups excluding carboxylic acids is 1. The first-order chi connectivity index (χ1) is 13.6. The van der Waals surface area contributed by atoms with Crippen molar-refractivity contribution in [2.45, 2.75) is 25.0 Å². The minimum absolute atomic E-state index is 0.314. The molecule has 2 aliphatic rings. The van der Waals surface area contributed by atoms with Crippen molar-refractivity contribution in [3.63, 3.8) is 0 Å². The Morgan fingerprint density at radius 1 is 1.07 bits per heavy atom. The molecule has 2 bridgehead atoms. The molecule has 28 heavy (non-hydrogen) atoms. The van der Waals surface area contributed by atoms with Crippen LogP contribution in [0.3, 0.4) is 0 Å². The molecule has 2 saturated heterocycles. The van der Waals surface area contributed by atoms with Crippen molar-refractivity contribution >= 4 is 39.1 Å². The van der Waals surface area contributed by atoms with E-state index in [1.165, 1.54) is 11.3 Å². The molecule has 5 rings (SSSR count). The second kappa shape index (κ2) is 6.68. The van der Waals surface area contributed by atoms with Crippen molar-refractivity contribution in [1.29, 1.82) is 0 Å². The average molecular weight is 394 g/mol. The topological polar surface area (TPSA) is 88.5 Å². The Kier molecular flexibility index (Phi) is 4.14. The number of thiazole rings is 1. The molecule has 6 nitrogen and oxygen atoms in total. The zero-order valence-electron chi connectivity index (χ0n) is 14.9. The van der Waals surface area contributed by atoms with E-state index in [1.807, 2.05) is 29.6 Å². The molecule has 0 saturated carbocycles. The van der Waals surface area contributed by atoms with E-state index in [-0.39, 0.29) is 18.1 Å². The molecule has 0 radical (unpaired) electrons. The number of rotatable bonds is 4. The summed E-state index contributed by atoms with van der Waals surface area (Å²) in [6.45, 7) is 0. The standard InChI is InChI=1S/C21H18N2O4S/c24-19(17-15-7-8-16(27-15)18(17)20(25)26)23-21-22-14(10-28-21)13-6-5-11-3-1-2-4-12(11)9-13/h1-6,9-10,15-18H,7-8H2,(H,25,26)(H,22,23,24)/t15-,16+,17-,18+/m1/s1. The summed E-state index contributed by atoms with van der Waals surface area (Å²) in [5, 5.41) is 16.9. The maximum atomic E-state index is 12.8. The Bertz CT molecular complexity index is 1080. The molecule has 3 aromatic rings. The first-order valence-corrected chi connectivity index (χ1v) is 10.1. The van der Waals surface area contributed by atoms with Crippen LogP contribution in [0.4, 0.5) is 5.13 Å². The van der Waals surface area contributed by atoms with Crippen LogP contribution < -0.4 is 5.32 Å². The van der Waals surface area contributed by atoms with E-state index in [1.54, 1.807) is 0 Å². The van der Waals surface area contributed by atoms with E-state index in [9.17, 15) is 14.7 Å². The predicted molar refractivity (Wildman–Crippen MR) is 106 cm³/mol. The highest BCUT2D eigenvalue weighted by Gasteiger charge is 2.55. The largest absolute Gasteiger partial charge is 0.481 e. The van der Waals surface area contributed by atoms with Gasteiger partial charge in [-0.3, -0.25) is 9.59 Å². The molecule has 1 amide bonds. The number of amides is 1. The minimum Gasteiger partial charge on any atom is -0.481 e. The number of hydrogen-bond acceptors (Lipinski definition) is 5. The summed E-state index contributed by atoms with van der Waals surface area (Å²) in [6, 6.07) is 14.2. The molecule has 0 spiro atoms. The van der Waals surface area contributed by atoms with Gasteiger partial charge in [-0.05, 0) is 29.7 Å². The van der Waals surface area contributed by atoms with E-state index in [0.717, 1.165) is 28.5 Å². The van der Waals surface area contributed by atoms with E-state index < -0.39 is 17.8 Å². The fourth-order valence-corrected chi connectivity index (χ4v) is 5.05. The van der Waals surface area contributed by atoms with Crippen molar-refractivity contribution < 1.29 is 19.4 Å². The summed E-state index contributed by atoms with van der Waals surface area (Å²) in [4.78, 5) is 28.9. The number of benzene rings is 2. The van der Waals surface area contributed by atoms with Gasteiger partial charge in [-0.15, -0.1) is 11.3 Å². The lowest BCUT2D eigenvalue weighted by atomic mass is 9.79. The molecule has 2 aromatic carbocycles. The van der Waals surface area contributed by atoms with Gasteiger partial charge in [-0.1, -0.05) is 36.4 Å². The molecular formula is C21H18N2O4S. The van der Waals surface area contributed by atoms with Gasteiger partial charge >= 0.3 is 5.97 Å². The Balaban J connectivity index is 1.36. The van der Waals surface area contributed by atoms with Crippen molar-refractivity contribution in [3.05, 3.63) is 47.8 Å². The fourth-order valence-electron chi connectivity index (χ4n) is 4.33. The van der Waals surface area contributed by atoms with Crippen LogP contribution in [-0.4, -0.2) is 34.2 Å². The number of aromatic nitrogens is 1. The highest BCUT2D eigenvalue weighted by Crippen LogP contribution is 2.44. The summed E-state index contributed by atoms with van der Waals surface area (Å²) in [5.74, 6) is -2.73. The van der Waals surface area contributed by atoms with Gasteiger partial charge in [0.1, 0.15) is 0 Å². The van der Waals surface area contributed by atoms with Crippen LogP contribution in [0.2, 0.25) is 0 Å². The monoisotopic (exact) mass is 394 g/mol. The van der Waals surface area contributed by atoms with Crippen LogP contribution in [0.1, 0.15) is 12.8 Å². The van der Waals surface area contributed by atoms with Crippen LogP contribution in [0, 0.1) is 11.8 Å². The zero-order valence-corrected chi connectivity index (χ0v) is 15.7. The molecule has 3 heterocycles. The third kappa shape index (κ3) is 2.87. The lowest BCUT2D eigenvalue weighted by Crippen LogP contribution is -2.40. The molecule has 4 atom stereocenters. The van der Waals surface area contributed by atoms with Crippen LogP contribution in [0.15, 0.2) is 47.8 Å². The number of nitrogens with zero attached hydrogens (tertiary/aromatic N) is 1. The van der Waals surface area contributed by atoms with Crippen molar-refractivity contribution in [3.8, 4) is 11.3 Å². The summed E-state index contributed by atoms with van der Waals surface area (Å²) < 4.78 is 5.67. The molecule has 2 N–H and O–H groups in total. The van der Waals surface area contributed by atoms with E-state index in [4.69, 9.17) is 4.74 Å². The Morgan fingerprint density at radius 3 is 2.61 bits per heavy atom. The summed E-state index contributed by atoms with van der Waals surface area (Å²) >= 11 is 1.34. The average Bonchev–Trinajstić information content (AvgIpc) is 3.43. The van der Waals surface area contributed by atoms with Crippen LogP contribution in [0.25, 0.3) is 22.0 Å². The van der Waals surface area contributed by atoms with Crippen LogP contribution >= 0.6 is 11.3 Å². The molecular weight excluding hydrogens is 376 g/mol. The molecule has 2 aliphatic heterocycles. The van der Waals surface area contributed by atoms with Crippen molar-refractivity contribution in [2.75, 3.05) is 5.32 Å². The van der Waals surface area contributed by atoms with Gasteiger partial charge in [0.05, 0.1) is 29.7 Å². The molecule has 0 aliphatic carbocycles. The quantitative estimate of drug-likeness (QED) is 0.703. The smallest absolute Gasteiger partial charge is 0.310 e.